The second-order valence-corrected chi connectivity index (χ2v) is 5.37. The van der Waals surface area contributed by atoms with E-state index in [4.69, 9.17) is 19.5 Å². The highest BCUT2D eigenvalue weighted by Gasteiger charge is 2.16. The number of amides is 2. The maximum Gasteiger partial charge on any atom is 0.323 e. The molecule has 27 heavy (non-hydrogen) atoms. The molecule has 2 amide bonds. The molecule has 0 saturated carbocycles. The Bertz CT molecular complexity index is 786. The molecule has 0 aliphatic heterocycles. The summed E-state index contributed by atoms with van der Waals surface area (Å²) in [7, 11) is 0. The van der Waals surface area contributed by atoms with Crippen LogP contribution in [0.25, 0.3) is 0 Å². The summed E-state index contributed by atoms with van der Waals surface area (Å²) in [5.74, 6) is 1.51. The van der Waals surface area contributed by atoms with Gasteiger partial charge in [-0.2, -0.15) is 5.26 Å². The molecular weight excluding hydrogens is 346 g/mol. The minimum Gasteiger partial charge on any atom is -0.490 e. The van der Waals surface area contributed by atoms with Gasteiger partial charge in [-0.15, -0.1) is 0 Å². The summed E-state index contributed by atoms with van der Waals surface area (Å²) in [4.78, 5) is 12.3. The smallest absolute Gasteiger partial charge is 0.323 e. The lowest BCUT2D eigenvalue weighted by Gasteiger charge is -2.17. The monoisotopic (exact) mass is 369 g/mol. The van der Waals surface area contributed by atoms with Crippen molar-refractivity contribution < 1.29 is 19.0 Å². The number of carbonyl (C=O) groups is 1. The molecule has 0 aliphatic carbocycles. The SMILES string of the molecule is CCOc1cc(NC(=O)Nc2ccc(C#N)cc2)cc(OCC)c1OCC. The number of ether oxygens (including phenoxy) is 3. The molecule has 0 spiro atoms. The van der Waals surface area contributed by atoms with Gasteiger partial charge in [-0.3, -0.25) is 0 Å². The normalized spacial score (nSPS) is 9.85. The van der Waals surface area contributed by atoms with Gasteiger partial charge in [-0.25, -0.2) is 4.79 Å². The summed E-state index contributed by atoms with van der Waals surface area (Å²) < 4.78 is 16.9. The number of anilines is 2. The van der Waals surface area contributed by atoms with Crippen LogP contribution in [0.1, 0.15) is 26.3 Å². The van der Waals surface area contributed by atoms with Gasteiger partial charge in [0.2, 0.25) is 5.75 Å². The highest BCUT2D eigenvalue weighted by Crippen LogP contribution is 2.40. The molecule has 142 valence electrons. The maximum absolute atomic E-state index is 12.3. The van der Waals surface area contributed by atoms with Gasteiger partial charge in [0, 0.05) is 17.8 Å². The van der Waals surface area contributed by atoms with Crippen LogP contribution in [0, 0.1) is 11.3 Å². The Hall–Kier alpha value is -3.40. The molecule has 0 atom stereocenters. The Labute approximate surface area is 158 Å². The fourth-order valence-electron chi connectivity index (χ4n) is 2.38. The molecule has 2 N–H and O–H groups in total. The van der Waals surface area contributed by atoms with E-state index in [-0.39, 0.29) is 0 Å². The molecule has 0 saturated heterocycles. The lowest BCUT2D eigenvalue weighted by Crippen LogP contribution is -2.19. The van der Waals surface area contributed by atoms with E-state index < -0.39 is 6.03 Å². The summed E-state index contributed by atoms with van der Waals surface area (Å²) >= 11 is 0. The van der Waals surface area contributed by atoms with Crippen LogP contribution in [-0.2, 0) is 0 Å². The van der Waals surface area contributed by atoms with Gasteiger partial charge < -0.3 is 24.8 Å². The zero-order valence-corrected chi connectivity index (χ0v) is 15.7. The van der Waals surface area contributed by atoms with Crippen molar-refractivity contribution >= 4 is 17.4 Å². The van der Waals surface area contributed by atoms with Gasteiger partial charge in [0.25, 0.3) is 0 Å². The standard InChI is InChI=1S/C20H23N3O4/c1-4-25-17-11-16(12-18(26-5-2)19(17)27-6-3)23-20(24)22-15-9-7-14(13-21)8-10-15/h7-12H,4-6H2,1-3H3,(H2,22,23,24). The van der Waals surface area contributed by atoms with Crippen LogP contribution in [0.5, 0.6) is 17.2 Å². The Morgan fingerprint density at radius 2 is 1.41 bits per heavy atom. The first kappa shape index (κ1) is 19.9. The molecule has 0 aromatic heterocycles. The number of nitrogens with one attached hydrogen (secondary N) is 2. The third-order valence-corrected chi connectivity index (χ3v) is 3.44. The number of hydrogen-bond donors (Lipinski definition) is 2. The van der Waals surface area contributed by atoms with Gasteiger partial charge in [0.15, 0.2) is 11.5 Å². The first-order valence-electron chi connectivity index (χ1n) is 8.75. The number of urea groups is 1. The molecular formula is C20H23N3O4. The van der Waals surface area contributed by atoms with Crippen LogP contribution < -0.4 is 24.8 Å². The van der Waals surface area contributed by atoms with Crippen LogP contribution >= 0.6 is 0 Å². The van der Waals surface area contributed by atoms with E-state index in [9.17, 15) is 4.79 Å². The Morgan fingerprint density at radius 1 is 0.889 bits per heavy atom. The van der Waals surface area contributed by atoms with E-state index in [0.29, 0.717) is 54.0 Å². The van der Waals surface area contributed by atoms with Crippen molar-refractivity contribution in [3.05, 3.63) is 42.0 Å². The summed E-state index contributed by atoms with van der Waals surface area (Å²) in [6.07, 6.45) is 0. The molecule has 2 aromatic rings. The van der Waals surface area contributed by atoms with Gasteiger partial charge in [-0.05, 0) is 45.0 Å². The second-order valence-electron chi connectivity index (χ2n) is 5.37. The molecule has 0 unspecified atom stereocenters. The topological polar surface area (TPSA) is 92.6 Å². The van der Waals surface area contributed by atoms with E-state index in [1.165, 1.54) is 0 Å². The van der Waals surface area contributed by atoms with Gasteiger partial charge >= 0.3 is 6.03 Å². The lowest BCUT2D eigenvalue weighted by molar-refractivity contribution is 0.260. The van der Waals surface area contributed by atoms with Crippen LogP contribution in [0.3, 0.4) is 0 Å². The highest BCUT2D eigenvalue weighted by molar-refractivity contribution is 6.00. The van der Waals surface area contributed by atoms with Crippen LogP contribution in [0.4, 0.5) is 16.2 Å². The molecule has 7 nitrogen and oxygen atoms in total. The van der Waals surface area contributed by atoms with E-state index in [1.54, 1.807) is 36.4 Å². The third kappa shape index (κ3) is 5.54. The van der Waals surface area contributed by atoms with E-state index in [2.05, 4.69) is 10.6 Å². The summed E-state index contributed by atoms with van der Waals surface area (Å²) in [6, 6.07) is 11.6. The Morgan fingerprint density at radius 3 is 1.89 bits per heavy atom. The average Bonchev–Trinajstić information content (AvgIpc) is 2.65. The quantitative estimate of drug-likeness (QED) is 0.719. The number of carbonyl (C=O) groups excluding carboxylic acids is 1. The molecule has 2 aromatic carbocycles. The lowest BCUT2D eigenvalue weighted by atomic mass is 10.2. The number of rotatable bonds is 8. The highest BCUT2D eigenvalue weighted by atomic mass is 16.5. The van der Waals surface area contributed by atoms with Crippen LogP contribution in [0.2, 0.25) is 0 Å². The summed E-state index contributed by atoms with van der Waals surface area (Å²) in [5, 5.41) is 14.3. The largest absolute Gasteiger partial charge is 0.490 e. The van der Waals surface area contributed by atoms with Crippen molar-refractivity contribution in [2.45, 2.75) is 20.8 Å². The van der Waals surface area contributed by atoms with Crippen molar-refractivity contribution in [3.8, 4) is 23.3 Å². The number of hydrogen-bond acceptors (Lipinski definition) is 5. The summed E-state index contributed by atoms with van der Waals surface area (Å²) in [6.45, 7) is 6.98. The molecule has 0 radical (unpaired) electrons. The fourth-order valence-corrected chi connectivity index (χ4v) is 2.38. The van der Waals surface area contributed by atoms with Gasteiger partial charge in [0.05, 0.1) is 37.1 Å². The van der Waals surface area contributed by atoms with Crippen molar-refractivity contribution in [1.29, 1.82) is 5.26 Å². The van der Waals surface area contributed by atoms with Crippen molar-refractivity contribution in [1.82, 2.24) is 0 Å². The minimum atomic E-state index is -0.422. The van der Waals surface area contributed by atoms with Crippen molar-refractivity contribution in [2.24, 2.45) is 0 Å². The van der Waals surface area contributed by atoms with Crippen molar-refractivity contribution in [2.75, 3.05) is 30.5 Å². The van der Waals surface area contributed by atoms with Gasteiger partial charge in [-0.1, -0.05) is 0 Å². The Kier molecular flexibility index (Phi) is 7.32. The predicted molar refractivity (Wildman–Crippen MR) is 104 cm³/mol. The number of benzene rings is 2. The van der Waals surface area contributed by atoms with E-state index in [1.807, 2.05) is 26.8 Å². The fraction of sp³-hybridized carbons (Fsp3) is 0.300. The zero-order valence-electron chi connectivity index (χ0n) is 15.7. The first-order chi connectivity index (χ1) is 13.1. The molecule has 7 heteroatoms. The Balaban J connectivity index is 2.20. The molecule has 2 rings (SSSR count). The molecule has 0 fully saturated rings. The predicted octanol–water partition coefficient (Wildman–Crippen LogP) is 4.40. The molecule has 0 bridgehead atoms. The van der Waals surface area contributed by atoms with Crippen molar-refractivity contribution in [3.63, 3.8) is 0 Å². The zero-order chi connectivity index (χ0) is 19.6. The summed E-state index contributed by atoms with van der Waals surface area (Å²) in [5.41, 5.74) is 1.61. The third-order valence-electron chi connectivity index (χ3n) is 3.44. The minimum absolute atomic E-state index is 0.422. The second kappa shape index (κ2) is 9.92. The maximum atomic E-state index is 12.3. The molecule has 0 heterocycles. The van der Waals surface area contributed by atoms with Crippen LogP contribution in [0.15, 0.2) is 36.4 Å². The van der Waals surface area contributed by atoms with Crippen LogP contribution in [-0.4, -0.2) is 25.9 Å². The average molecular weight is 369 g/mol. The first-order valence-corrected chi connectivity index (χ1v) is 8.75. The van der Waals surface area contributed by atoms with E-state index in [0.717, 1.165) is 0 Å². The number of nitrogens with zero attached hydrogens (tertiary/aromatic N) is 1. The van der Waals surface area contributed by atoms with E-state index >= 15 is 0 Å². The number of nitriles is 1. The van der Waals surface area contributed by atoms with Gasteiger partial charge in [0.1, 0.15) is 0 Å². The molecule has 0 aliphatic rings.